The van der Waals surface area contributed by atoms with E-state index in [-0.39, 0.29) is 28.6 Å². The summed E-state index contributed by atoms with van der Waals surface area (Å²) in [7, 11) is -4.29. The third kappa shape index (κ3) is 5.09. The first kappa shape index (κ1) is 23.0. The van der Waals surface area contributed by atoms with E-state index in [1.54, 1.807) is 0 Å². The Morgan fingerprint density at radius 1 is 0.970 bits per heavy atom. The van der Waals surface area contributed by atoms with E-state index >= 15 is 0 Å². The molecule has 0 fully saturated rings. The van der Waals surface area contributed by atoms with Gasteiger partial charge in [-0.15, -0.1) is 0 Å². The fraction of sp³-hybridized carbons (Fsp3) is 0.136. The summed E-state index contributed by atoms with van der Waals surface area (Å²) in [6.45, 7) is -0.0785. The maximum Gasteiger partial charge on any atom is 0.264 e. The normalized spacial score (nSPS) is 12.8. The lowest BCUT2D eigenvalue weighted by atomic mass is 10.3. The SMILES string of the molecule is O=C(CN(c1ccc(F)cc1)S(=O)(=O)c1ccc2c(c1)OCCO2)Nc1ccc(Br)cc1F. The molecule has 0 spiro atoms. The number of rotatable bonds is 6. The number of sulfonamides is 1. The highest BCUT2D eigenvalue weighted by molar-refractivity contribution is 9.10. The molecule has 1 aliphatic rings. The van der Waals surface area contributed by atoms with Crippen LogP contribution in [-0.2, 0) is 14.8 Å². The van der Waals surface area contributed by atoms with Crippen LogP contribution in [0.5, 0.6) is 11.5 Å². The Morgan fingerprint density at radius 3 is 2.36 bits per heavy atom. The quantitative estimate of drug-likeness (QED) is 0.504. The topological polar surface area (TPSA) is 84.9 Å². The molecule has 0 aliphatic carbocycles. The van der Waals surface area contributed by atoms with Crippen LogP contribution in [0.4, 0.5) is 20.2 Å². The van der Waals surface area contributed by atoms with E-state index in [2.05, 4.69) is 21.2 Å². The van der Waals surface area contributed by atoms with Crippen molar-refractivity contribution in [2.75, 3.05) is 29.4 Å². The Labute approximate surface area is 197 Å². The number of amides is 1. The first-order valence-electron chi connectivity index (χ1n) is 9.67. The summed E-state index contributed by atoms with van der Waals surface area (Å²) < 4.78 is 66.7. The Hall–Kier alpha value is -3.18. The van der Waals surface area contributed by atoms with E-state index in [1.165, 1.54) is 48.5 Å². The number of nitrogens with zero attached hydrogens (tertiary/aromatic N) is 1. The van der Waals surface area contributed by atoms with Gasteiger partial charge >= 0.3 is 0 Å². The average Bonchev–Trinajstić information content (AvgIpc) is 2.79. The van der Waals surface area contributed by atoms with Crippen LogP contribution >= 0.6 is 15.9 Å². The summed E-state index contributed by atoms with van der Waals surface area (Å²) in [5, 5.41) is 2.36. The molecule has 1 heterocycles. The fourth-order valence-electron chi connectivity index (χ4n) is 3.14. The molecule has 11 heteroatoms. The van der Waals surface area contributed by atoms with Crippen molar-refractivity contribution in [1.82, 2.24) is 0 Å². The standard InChI is InChI=1S/C22H17BrF2N2O5S/c23-14-1-7-19(18(25)11-14)26-22(28)13-27(16-4-2-15(24)3-5-16)33(29,30)17-6-8-20-21(12-17)32-10-9-31-20/h1-8,11-12H,9-10,13H2,(H,26,28). The first-order valence-corrected chi connectivity index (χ1v) is 11.9. The van der Waals surface area contributed by atoms with Gasteiger partial charge in [-0.05, 0) is 54.6 Å². The number of hydrogen-bond acceptors (Lipinski definition) is 5. The lowest BCUT2D eigenvalue weighted by Crippen LogP contribution is -2.38. The molecule has 3 aromatic rings. The van der Waals surface area contributed by atoms with E-state index in [4.69, 9.17) is 9.47 Å². The summed E-state index contributed by atoms with van der Waals surface area (Å²) in [6, 6.07) is 12.7. The van der Waals surface area contributed by atoms with Crippen LogP contribution in [0.25, 0.3) is 0 Å². The predicted molar refractivity (Wildman–Crippen MR) is 121 cm³/mol. The summed E-state index contributed by atoms with van der Waals surface area (Å²) in [6.07, 6.45) is 0. The molecule has 0 atom stereocenters. The van der Waals surface area contributed by atoms with Crippen LogP contribution in [0.15, 0.2) is 70.0 Å². The van der Waals surface area contributed by atoms with Crippen LogP contribution in [-0.4, -0.2) is 34.1 Å². The molecule has 0 saturated carbocycles. The zero-order valence-electron chi connectivity index (χ0n) is 16.9. The van der Waals surface area contributed by atoms with Gasteiger partial charge in [0.15, 0.2) is 11.5 Å². The molecule has 4 rings (SSSR count). The van der Waals surface area contributed by atoms with Gasteiger partial charge in [0.25, 0.3) is 10.0 Å². The van der Waals surface area contributed by atoms with Gasteiger partial charge in [0, 0.05) is 10.5 Å². The smallest absolute Gasteiger partial charge is 0.264 e. The highest BCUT2D eigenvalue weighted by Gasteiger charge is 2.29. The van der Waals surface area contributed by atoms with Gasteiger partial charge in [0.1, 0.15) is 31.4 Å². The molecular formula is C22H17BrF2N2O5S. The number of carbonyl (C=O) groups is 1. The molecule has 0 aromatic heterocycles. The number of anilines is 2. The Bertz CT molecular complexity index is 1300. The molecule has 0 unspecified atom stereocenters. The van der Waals surface area contributed by atoms with Crippen molar-refractivity contribution in [1.29, 1.82) is 0 Å². The third-order valence-corrected chi connectivity index (χ3v) is 6.97. The lowest BCUT2D eigenvalue weighted by Gasteiger charge is -2.25. The fourth-order valence-corrected chi connectivity index (χ4v) is 4.91. The molecular weight excluding hydrogens is 522 g/mol. The van der Waals surface area contributed by atoms with E-state index in [0.29, 0.717) is 16.8 Å². The third-order valence-electron chi connectivity index (χ3n) is 4.71. The van der Waals surface area contributed by atoms with Crippen LogP contribution in [0.2, 0.25) is 0 Å². The largest absolute Gasteiger partial charge is 0.486 e. The maximum atomic E-state index is 14.1. The summed E-state index contributed by atoms with van der Waals surface area (Å²) in [5.74, 6) is -1.40. The average molecular weight is 539 g/mol. The van der Waals surface area contributed by atoms with Crippen LogP contribution < -0.4 is 19.1 Å². The van der Waals surface area contributed by atoms with Gasteiger partial charge < -0.3 is 14.8 Å². The number of benzene rings is 3. The van der Waals surface area contributed by atoms with Crippen molar-refractivity contribution in [2.24, 2.45) is 0 Å². The summed E-state index contributed by atoms with van der Waals surface area (Å²) in [5.41, 5.74) is -0.0586. The highest BCUT2D eigenvalue weighted by atomic mass is 79.9. The number of hydrogen-bond donors (Lipinski definition) is 1. The molecule has 1 N–H and O–H groups in total. The van der Waals surface area contributed by atoms with Gasteiger partial charge in [-0.1, -0.05) is 15.9 Å². The van der Waals surface area contributed by atoms with Crippen LogP contribution in [0, 0.1) is 11.6 Å². The summed E-state index contributed by atoms with van der Waals surface area (Å²) >= 11 is 3.13. The minimum atomic E-state index is -4.29. The Balaban J connectivity index is 1.67. The molecule has 0 radical (unpaired) electrons. The second kappa shape index (κ2) is 9.36. The van der Waals surface area contributed by atoms with Gasteiger partial charge in [0.2, 0.25) is 5.91 Å². The zero-order valence-corrected chi connectivity index (χ0v) is 19.3. The van der Waals surface area contributed by atoms with Crippen LogP contribution in [0.3, 0.4) is 0 Å². The zero-order chi connectivity index (χ0) is 23.6. The Kier molecular flexibility index (Phi) is 6.52. The van der Waals surface area contributed by atoms with Gasteiger partial charge in [-0.3, -0.25) is 9.10 Å². The second-order valence-corrected chi connectivity index (χ2v) is 9.74. The van der Waals surface area contributed by atoms with Gasteiger partial charge in [-0.2, -0.15) is 0 Å². The van der Waals surface area contributed by atoms with Crippen molar-refractivity contribution in [3.8, 4) is 11.5 Å². The van der Waals surface area contributed by atoms with E-state index in [9.17, 15) is 22.0 Å². The van der Waals surface area contributed by atoms with E-state index in [1.807, 2.05) is 0 Å². The Morgan fingerprint density at radius 2 is 1.67 bits per heavy atom. The molecule has 1 amide bonds. The van der Waals surface area contributed by atoms with Crippen molar-refractivity contribution in [2.45, 2.75) is 4.90 Å². The van der Waals surface area contributed by atoms with Crippen molar-refractivity contribution in [3.63, 3.8) is 0 Å². The molecule has 1 aliphatic heterocycles. The molecule has 172 valence electrons. The first-order chi connectivity index (χ1) is 15.7. The summed E-state index contributed by atoms with van der Waals surface area (Å²) in [4.78, 5) is 12.5. The maximum absolute atomic E-state index is 14.1. The lowest BCUT2D eigenvalue weighted by molar-refractivity contribution is -0.114. The number of nitrogens with one attached hydrogen (secondary N) is 1. The molecule has 3 aromatic carbocycles. The number of ether oxygens (including phenoxy) is 2. The minimum absolute atomic E-state index is 0.0534. The number of halogens is 3. The van der Waals surface area contributed by atoms with Crippen LogP contribution in [0.1, 0.15) is 0 Å². The van der Waals surface area contributed by atoms with E-state index in [0.717, 1.165) is 16.4 Å². The molecule has 7 nitrogen and oxygen atoms in total. The van der Waals surface area contributed by atoms with Gasteiger partial charge in [0.05, 0.1) is 16.3 Å². The van der Waals surface area contributed by atoms with Crippen molar-refractivity contribution in [3.05, 3.63) is 76.8 Å². The van der Waals surface area contributed by atoms with E-state index < -0.39 is 34.1 Å². The minimum Gasteiger partial charge on any atom is -0.486 e. The monoisotopic (exact) mass is 538 g/mol. The number of fused-ring (bicyclic) bond motifs is 1. The number of carbonyl (C=O) groups excluding carboxylic acids is 1. The van der Waals surface area contributed by atoms with Crippen molar-refractivity contribution < 1.29 is 31.5 Å². The predicted octanol–water partition coefficient (Wildman–Crippen LogP) is 4.33. The second-order valence-electron chi connectivity index (χ2n) is 6.97. The molecule has 0 bridgehead atoms. The molecule has 0 saturated heterocycles. The molecule has 33 heavy (non-hydrogen) atoms. The van der Waals surface area contributed by atoms with Gasteiger partial charge in [-0.25, -0.2) is 17.2 Å². The van der Waals surface area contributed by atoms with Crippen molar-refractivity contribution >= 4 is 43.2 Å². The highest BCUT2D eigenvalue weighted by Crippen LogP contribution is 2.34.